The first-order valence-electron chi connectivity index (χ1n) is 13.1. The van der Waals surface area contributed by atoms with E-state index in [9.17, 15) is 21.6 Å². The van der Waals surface area contributed by atoms with Crippen molar-refractivity contribution in [2.45, 2.75) is 80.2 Å². The number of nitrogens with one attached hydrogen (secondary N) is 2. The number of sulfonamides is 1. The van der Waals surface area contributed by atoms with E-state index in [-0.39, 0.29) is 15.7 Å². The van der Waals surface area contributed by atoms with Crippen molar-refractivity contribution in [3.05, 3.63) is 72.1 Å². The van der Waals surface area contributed by atoms with Crippen LogP contribution in [0.25, 0.3) is 0 Å². The van der Waals surface area contributed by atoms with E-state index >= 15 is 0 Å². The van der Waals surface area contributed by atoms with E-state index in [0.29, 0.717) is 18.8 Å². The van der Waals surface area contributed by atoms with Gasteiger partial charge in [0.15, 0.2) is 9.84 Å². The predicted octanol–water partition coefficient (Wildman–Crippen LogP) is 4.60. The minimum Gasteiger partial charge on any atom is -0.348 e. The van der Waals surface area contributed by atoms with Crippen LogP contribution in [0.5, 0.6) is 0 Å². The Bertz CT molecular complexity index is 1290. The highest BCUT2D eigenvalue weighted by Gasteiger charge is 2.25. The number of hydrogen-bond donors (Lipinski definition) is 2. The number of aliphatic imine (C=N–C) groups is 1. The van der Waals surface area contributed by atoms with Crippen LogP contribution in [0.15, 0.2) is 86.9 Å². The molecule has 0 heterocycles. The summed E-state index contributed by atoms with van der Waals surface area (Å²) < 4.78 is 52.8. The Labute approximate surface area is 226 Å². The van der Waals surface area contributed by atoms with Crippen LogP contribution in [-0.2, 0) is 24.7 Å². The molecule has 3 rings (SSSR count). The molecule has 1 amide bonds. The maximum Gasteiger partial charge on any atom is 0.262 e. The number of carbonyl (C=O) groups is 1. The van der Waals surface area contributed by atoms with E-state index in [1.165, 1.54) is 36.8 Å². The van der Waals surface area contributed by atoms with E-state index in [1.54, 1.807) is 36.4 Å². The molecule has 2 N–H and O–H groups in total. The van der Waals surface area contributed by atoms with E-state index in [2.05, 4.69) is 15.0 Å². The van der Waals surface area contributed by atoms with Gasteiger partial charge in [-0.25, -0.2) is 16.8 Å². The zero-order chi connectivity index (χ0) is 27.4. The van der Waals surface area contributed by atoms with Crippen molar-refractivity contribution >= 4 is 32.1 Å². The lowest BCUT2D eigenvalue weighted by atomic mass is 9.84. The highest BCUT2D eigenvalue weighted by atomic mass is 32.2. The van der Waals surface area contributed by atoms with Gasteiger partial charge in [0.2, 0.25) is 5.91 Å². The Morgan fingerprint density at radius 1 is 0.947 bits per heavy atom. The summed E-state index contributed by atoms with van der Waals surface area (Å²) >= 11 is 0. The SMILES string of the molecule is CCC[C@@H](/C=C/S(=O)(=O)c1ccccc1)NC(=O)[C@H](CC1CCCCC1)N=CNS(=O)(=O)c1ccccc1. The molecule has 0 unspecified atom stereocenters. The third-order valence-corrected chi connectivity index (χ3v) is 9.34. The predicted molar refractivity (Wildman–Crippen MR) is 150 cm³/mol. The molecule has 0 aliphatic heterocycles. The van der Waals surface area contributed by atoms with Gasteiger partial charge in [-0.3, -0.25) is 14.5 Å². The largest absolute Gasteiger partial charge is 0.348 e. The summed E-state index contributed by atoms with van der Waals surface area (Å²) in [6.45, 7) is 1.95. The fourth-order valence-corrected chi connectivity index (χ4v) is 6.47. The molecule has 0 saturated heterocycles. The summed E-state index contributed by atoms with van der Waals surface area (Å²) in [6, 6.07) is 14.8. The van der Waals surface area contributed by atoms with Gasteiger partial charge in [-0.1, -0.05) is 87.9 Å². The van der Waals surface area contributed by atoms with Crippen LogP contribution in [0.4, 0.5) is 0 Å². The number of benzene rings is 2. The molecule has 10 heteroatoms. The van der Waals surface area contributed by atoms with Gasteiger partial charge in [-0.05, 0) is 43.0 Å². The number of carbonyl (C=O) groups excluding carboxylic acids is 1. The first-order valence-corrected chi connectivity index (χ1v) is 16.1. The summed E-state index contributed by atoms with van der Waals surface area (Å²) in [5.41, 5.74) is 0. The second-order valence-electron chi connectivity index (χ2n) is 9.56. The topological polar surface area (TPSA) is 122 Å². The monoisotopic (exact) mass is 559 g/mol. The molecule has 1 aliphatic carbocycles. The molecular formula is C28H37N3O5S2. The van der Waals surface area contributed by atoms with Crippen LogP contribution >= 0.6 is 0 Å². The van der Waals surface area contributed by atoms with E-state index in [1.807, 2.05) is 6.92 Å². The Hall–Kier alpha value is -2.98. The molecule has 0 spiro atoms. The molecular weight excluding hydrogens is 522 g/mol. The van der Waals surface area contributed by atoms with Gasteiger partial charge >= 0.3 is 0 Å². The maximum absolute atomic E-state index is 13.3. The average Bonchev–Trinajstić information content (AvgIpc) is 2.93. The van der Waals surface area contributed by atoms with Crippen molar-refractivity contribution in [3.8, 4) is 0 Å². The number of hydrogen-bond acceptors (Lipinski definition) is 6. The van der Waals surface area contributed by atoms with Gasteiger partial charge in [-0.2, -0.15) is 0 Å². The Morgan fingerprint density at radius 2 is 1.55 bits per heavy atom. The van der Waals surface area contributed by atoms with E-state index in [4.69, 9.17) is 0 Å². The first-order chi connectivity index (χ1) is 18.2. The molecule has 2 aromatic carbocycles. The van der Waals surface area contributed by atoms with Crippen molar-refractivity contribution in [1.82, 2.24) is 10.0 Å². The highest BCUT2D eigenvalue weighted by Crippen LogP contribution is 2.28. The zero-order valence-corrected chi connectivity index (χ0v) is 23.3. The minimum absolute atomic E-state index is 0.104. The van der Waals surface area contributed by atoms with E-state index < -0.39 is 31.9 Å². The number of nitrogens with zero attached hydrogens (tertiary/aromatic N) is 1. The minimum atomic E-state index is -3.81. The summed E-state index contributed by atoms with van der Waals surface area (Å²) in [4.78, 5) is 18.0. The molecule has 0 radical (unpaired) electrons. The quantitative estimate of drug-likeness (QED) is 0.274. The third-order valence-electron chi connectivity index (χ3n) is 6.59. The lowest BCUT2D eigenvalue weighted by Gasteiger charge is -2.25. The zero-order valence-electron chi connectivity index (χ0n) is 21.7. The summed E-state index contributed by atoms with van der Waals surface area (Å²) in [5, 5.41) is 4.07. The van der Waals surface area contributed by atoms with Crippen LogP contribution < -0.4 is 10.0 Å². The van der Waals surface area contributed by atoms with Crippen LogP contribution in [0.1, 0.15) is 58.3 Å². The Kier molecular flexibility index (Phi) is 11.1. The number of rotatable bonds is 13. The summed E-state index contributed by atoms with van der Waals surface area (Å²) in [6.07, 6.45) is 9.74. The molecule has 1 saturated carbocycles. The van der Waals surface area contributed by atoms with Crippen LogP contribution in [0, 0.1) is 5.92 Å². The smallest absolute Gasteiger partial charge is 0.262 e. The first kappa shape index (κ1) is 29.6. The van der Waals surface area contributed by atoms with Gasteiger partial charge in [0.1, 0.15) is 6.04 Å². The average molecular weight is 560 g/mol. The summed E-state index contributed by atoms with van der Waals surface area (Å²) in [7, 11) is -7.45. The van der Waals surface area contributed by atoms with Crippen LogP contribution in [-0.4, -0.2) is 41.2 Å². The molecule has 0 bridgehead atoms. The molecule has 206 valence electrons. The van der Waals surface area contributed by atoms with Crippen molar-refractivity contribution in [2.75, 3.05) is 0 Å². The second kappa shape index (κ2) is 14.2. The molecule has 0 aromatic heterocycles. The molecule has 38 heavy (non-hydrogen) atoms. The molecule has 2 atom stereocenters. The van der Waals surface area contributed by atoms with Gasteiger partial charge < -0.3 is 5.32 Å². The summed E-state index contributed by atoms with van der Waals surface area (Å²) in [5.74, 6) is -0.0352. The lowest BCUT2D eigenvalue weighted by Crippen LogP contribution is -2.41. The normalized spacial score (nSPS) is 16.9. The maximum atomic E-state index is 13.3. The Morgan fingerprint density at radius 3 is 2.16 bits per heavy atom. The van der Waals surface area contributed by atoms with Gasteiger partial charge in [0.05, 0.1) is 16.1 Å². The van der Waals surface area contributed by atoms with E-state index in [0.717, 1.165) is 43.9 Å². The highest BCUT2D eigenvalue weighted by molar-refractivity contribution is 7.94. The second-order valence-corrected chi connectivity index (χ2v) is 13.1. The van der Waals surface area contributed by atoms with Gasteiger partial charge in [0, 0.05) is 11.4 Å². The molecule has 1 aliphatic rings. The molecule has 2 aromatic rings. The molecule has 1 fully saturated rings. The fourth-order valence-electron chi connectivity index (χ4n) is 4.53. The number of sulfone groups is 1. The standard InChI is InChI=1S/C28H37N3O5S2/c1-2-12-24(19-20-37(33,34)25-15-8-4-9-16-25)31-28(32)27(21-23-13-6-3-7-14-23)29-22-30-38(35,36)26-17-10-5-11-18-26/h4-5,8-11,15-20,22-24,27H,2-3,6-7,12-14,21H2,1H3,(H,29,30)(H,31,32)/b20-19+/t24-,27-/m0/s1. The van der Waals surface area contributed by atoms with Crippen molar-refractivity contribution in [2.24, 2.45) is 10.9 Å². The fraction of sp³-hybridized carbons (Fsp3) is 0.429. The van der Waals surface area contributed by atoms with Crippen molar-refractivity contribution < 1.29 is 21.6 Å². The van der Waals surface area contributed by atoms with Crippen molar-refractivity contribution in [1.29, 1.82) is 0 Å². The number of amides is 1. The lowest BCUT2D eigenvalue weighted by molar-refractivity contribution is -0.123. The van der Waals surface area contributed by atoms with Crippen LogP contribution in [0.3, 0.4) is 0 Å². The van der Waals surface area contributed by atoms with Crippen LogP contribution in [0.2, 0.25) is 0 Å². The molecule has 8 nitrogen and oxygen atoms in total. The van der Waals surface area contributed by atoms with Gasteiger partial charge in [-0.15, -0.1) is 0 Å². The third kappa shape index (κ3) is 9.09. The van der Waals surface area contributed by atoms with Gasteiger partial charge in [0.25, 0.3) is 10.0 Å². The van der Waals surface area contributed by atoms with Crippen molar-refractivity contribution in [3.63, 3.8) is 0 Å². The Balaban J connectivity index is 1.74.